The molecule has 2 heteroatoms. The molecule has 0 spiro atoms. The highest BCUT2D eigenvalue weighted by Gasteiger charge is 1.83. The minimum absolute atomic E-state index is 0.338. The molecular formula is C10H15BrO. The van der Waals surface area contributed by atoms with E-state index in [2.05, 4.69) is 22.9 Å². The Morgan fingerprint density at radius 3 is 2.25 bits per heavy atom. The molecule has 0 saturated heterocycles. The fraction of sp³-hybridized carbons (Fsp3) is 0.400. The van der Waals surface area contributed by atoms with Crippen LogP contribution in [0.5, 0.6) is 5.75 Å². The maximum absolute atomic E-state index is 8.81. The second-order valence-electron chi connectivity index (χ2n) is 2.53. The molecule has 0 aliphatic carbocycles. The number of phenols is 1. The summed E-state index contributed by atoms with van der Waals surface area (Å²) in [5.74, 6) is 0.338. The van der Waals surface area contributed by atoms with Gasteiger partial charge in [-0.25, -0.2) is 0 Å². The van der Waals surface area contributed by atoms with Gasteiger partial charge in [-0.2, -0.15) is 0 Å². The van der Waals surface area contributed by atoms with Gasteiger partial charge in [0.15, 0.2) is 0 Å². The van der Waals surface area contributed by atoms with Gasteiger partial charge in [0.05, 0.1) is 0 Å². The van der Waals surface area contributed by atoms with E-state index in [9.17, 15) is 0 Å². The summed E-state index contributed by atoms with van der Waals surface area (Å²) in [6.07, 6.45) is 1.24. The number of benzene rings is 1. The van der Waals surface area contributed by atoms with Gasteiger partial charge in [0.25, 0.3) is 0 Å². The van der Waals surface area contributed by atoms with Crippen molar-refractivity contribution in [3.63, 3.8) is 0 Å². The average molecular weight is 231 g/mol. The van der Waals surface area contributed by atoms with Crippen LogP contribution < -0.4 is 0 Å². The van der Waals surface area contributed by atoms with E-state index in [4.69, 9.17) is 5.11 Å². The summed E-state index contributed by atoms with van der Waals surface area (Å²) in [4.78, 5) is 0. The van der Waals surface area contributed by atoms with Gasteiger partial charge in [-0.05, 0) is 31.0 Å². The van der Waals surface area contributed by atoms with E-state index in [0.717, 1.165) is 10.9 Å². The van der Waals surface area contributed by atoms with Crippen molar-refractivity contribution in [2.24, 2.45) is 0 Å². The van der Waals surface area contributed by atoms with Gasteiger partial charge in [0.2, 0.25) is 0 Å². The molecule has 0 atom stereocenters. The van der Waals surface area contributed by atoms with E-state index >= 15 is 0 Å². The van der Waals surface area contributed by atoms with Crippen molar-refractivity contribution >= 4 is 15.9 Å². The molecule has 0 bridgehead atoms. The van der Waals surface area contributed by atoms with Crippen LogP contribution in [-0.4, -0.2) is 10.4 Å². The van der Waals surface area contributed by atoms with Crippen molar-refractivity contribution in [2.45, 2.75) is 20.3 Å². The SMILES string of the molecule is CCCBr.Cc1cccc(O)c1. The van der Waals surface area contributed by atoms with Crippen molar-refractivity contribution in [3.05, 3.63) is 29.8 Å². The predicted octanol–water partition coefficient (Wildman–Crippen LogP) is 3.49. The summed E-state index contributed by atoms with van der Waals surface area (Å²) in [7, 11) is 0. The van der Waals surface area contributed by atoms with Gasteiger partial charge >= 0.3 is 0 Å². The highest BCUT2D eigenvalue weighted by molar-refractivity contribution is 9.09. The van der Waals surface area contributed by atoms with Gasteiger partial charge in [-0.3, -0.25) is 0 Å². The smallest absolute Gasteiger partial charge is 0.115 e. The minimum atomic E-state index is 0.338. The quantitative estimate of drug-likeness (QED) is 0.733. The van der Waals surface area contributed by atoms with Crippen LogP contribution in [0.4, 0.5) is 0 Å². The zero-order valence-corrected chi connectivity index (χ0v) is 9.13. The fourth-order valence-electron chi connectivity index (χ4n) is 0.628. The van der Waals surface area contributed by atoms with E-state index in [1.54, 1.807) is 12.1 Å². The standard InChI is InChI=1S/C7H8O.C3H7Br/c1-6-3-2-4-7(8)5-6;1-2-3-4/h2-5,8H,1H3;2-3H2,1H3. The first-order valence-electron chi connectivity index (χ1n) is 4.02. The molecule has 12 heavy (non-hydrogen) atoms. The van der Waals surface area contributed by atoms with Crippen molar-refractivity contribution in [1.29, 1.82) is 0 Å². The van der Waals surface area contributed by atoms with Gasteiger partial charge in [0, 0.05) is 5.33 Å². The molecule has 0 aliphatic heterocycles. The molecule has 1 aromatic carbocycles. The number of alkyl halides is 1. The lowest BCUT2D eigenvalue weighted by Crippen LogP contribution is -1.66. The molecular weight excluding hydrogens is 216 g/mol. The molecule has 0 saturated carbocycles. The summed E-state index contributed by atoms with van der Waals surface area (Å²) in [5.41, 5.74) is 1.09. The first-order valence-corrected chi connectivity index (χ1v) is 5.14. The lowest BCUT2D eigenvalue weighted by atomic mass is 10.2. The van der Waals surface area contributed by atoms with Crippen LogP contribution in [0, 0.1) is 6.92 Å². The molecule has 0 amide bonds. The molecule has 0 fully saturated rings. The third-order valence-corrected chi connectivity index (χ3v) is 1.98. The number of halogens is 1. The van der Waals surface area contributed by atoms with Gasteiger partial charge in [0.1, 0.15) is 5.75 Å². The zero-order chi connectivity index (χ0) is 9.40. The summed E-state index contributed by atoms with van der Waals surface area (Å²) >= 11 is 3.25. The van der Waals surface area contributed by atoms with Gasteiger partial charge < -0.3 is 5.11 Å². The van der Waals surface area contributed by atoms with Crippen molar-refractivity contribution < 1.29 is 5.11 Å². The van der Waals surface area contributed by atoms with Crippen LogP contribution in [-0.2, 0) is 0 Å². The average Bonchev–Trinajstić information content (AvgIpc) is 2.04. The Labute approximate surface area is 82.6 Å². The zero-order valence-electron chi connectivity index (χ0n) is 7.55. The second kappa shape index (κ2) is 7.17. The first-order chi connectivity index (χ1) is 5.70. The van der Waals surface area contributed by atoms with Crippen LogP contribution in [0.3, 0.4) is 0 Å². The number of aromatic hydroxyl groups is 1. The van der Waals surface area contributed by atoms with Crippen LogP contribution in [0.2, 0.25) is 0 Å². The Balaban J connectivity index is 0.000000261. The normalized spacial score (nSPS) is 8.58. The van der Waals surface area contributed by atoms with Crippen LogP contribution >= 0.6 is 15.9 Å². The molecule has 1 aromatic rings. The third kappa shape index (κ3) is 6.23. The molecule has 0 heterocycles. The van der Waals surface area contributed by atoms with E-state index in [1.165, 1.54) is 6.42 Å². The maximum atomic E-state index is 8.81. The third-order valence-electron chi connectivity index (χ3n) is 1.19. The lowest BCUT2D eigenvalue weighted by molar-refractivity contribution is 0.475. The molecule has 68 valence electrons. The minimum Gasteiger partial charge on any atom is -0.508 e. The number of hydrogen-bond acceptors (Lipinski definition) is 1. The lowest BCUT2D eigenvalue weighted by Gasteiger charge is -1.89. The molecule has 0 radical (unpaired) electrons. The molecule has 1 N–H and O–H groups in total. The van der Waals surface area contributed by atoms with E-state index in [0.29, 0.717) is 5.75 Å². The largest absolute Gasteiger partial charge is 0.508 e. The van der Waals surface area contributed by atoms with E-state index in [1.807, 2.05) is 19.1 Å². The Bertz CT molecular complexity index is 191. The number of rotatable bonds is 1. The second-order valence-corrected chi connectivity index (χ2v) is 3.32. The van der Waals surface area contributed by atoms with Gasteiger partial charge in [-0.1, -0.05) is 35.0 Å². The molecule has 0 aromatic heterocycles. The molecule has 0 aliphatic rings. The van der Waals surface area contributed by atoms with Crippen molar-refractivity contribution in [1.82, 2.24) is 0 Å². The number of aryl methyl sites for hydroxylation is 1. The Morgan fingerprint density at radius 1 is 1.42 bits per heavy atom. The fourth-order valence-corrected chi connectivity index (χ4v) is 0.628. The highest BCUT2D eigenvalue weighted by atomic mass is 79.9. The highest BCUT2D eigenvalue weighted by Crippen LogP contribution is 2.08. The van der Waals surface area contributed by atoms with Crippen LogP contribution in [0.25, 0.3) is 0 Å². The molecule has 1 nitrogen and oxygen atoms in total. The summed E-state index contributed by atoms with van der Waals surface area (Å²) in [5, 5.41) is 9.94. The van der Waals surface area contributed by atoms with Crippen molar-refractivity contribution in [3.8, 4) is 5.75 Å². The number of phenolic OH excluding ortho intramolecular Hbond substituents is 1. The van der Waals surface area contributed by atoms with Crippen LogP contribution in [0.1, 0.15) is 18.9 Å². The van der Waals surface area contributed by atoms with E-state index < -0.39 is 0 Å². The monoisotopic (exact) mass is 230 g/mol. The van der Waals surface area contributed by atoms with Crippen molar-refractivity contribution in [2.75, 3.05) is 5.33 Å². The maximum Gasteiger partial charge on any atom is 0.115 e. The van der Waals surface area contributed by atoms with E-state index in [-0.39, 0.29) is 0 Å². The Hall–Kier alpha value is -0.500. The first kappa shape index (κ1) is 11.5. The molecule has 1 rings (SSSR count). The summed E-state index contributed by atoms with van der Waals surface area (Å²) in [6.45, 7) is 4.08. The van der Waals surface area contributed by atoms with Crippen LogP contribution in [0.15, 0.2) is 24.3 Å². The molecule has 0 unspecified atom stereocenters. The Morgan fingerprint density at radius 2 is 2.00 bits per heavy atom. The topological polar surface area (TPSA) is 20.2 Å². The predicted molar refractivity (Wildman–Crippen MR) is 56.9 cm³/mol. The summed E-state index contributed by atoms with van der Waals surface area (Å²) < 4.78 is 0. The summed E-state index contributed by atoms with van der Waals surface area (Å²) in [6, 6.07) is 7.15. The number of hydrogen-bond donors (Lipinski definition) is 1. The van der Waals surface area contributed by atoms with Gasteiger partial charge in [-0.15, -0.1) is 0 Å². The Kier molecular flexibility index (Phi) is 6.87.